The Kier molecular flexibility index (Phi) is 7.62. The molecule has 3 rings (SSSR count). The van der Waals surface area contributed by atoms with Gasteiger partial charge in [-0.25, -0.2) is 0 Å². The second-order valence-electron chi connectivity index (χ2n) is 7.83. The van der Waals surface area contributed by atoms with E-state index in [1.165, 1.54) is 11.6 Å². The molecule has 1 fully saturated rings. The van der Waals surface area contributed by atoms with Crippen LogP contribution in [-0.4, -0.2) is 58.4 Å². The Balaban J connectivity index is 1.48. The van der Waals surface area contributed by atoms with Crippen LogP contribution in [0.4, 0.5) is 17.1 Å². The van der Waals surface area contributed by atoms with Crippen LogP contribution in [0.1, 0.15) is 24.0 Å². The standard InChI is InChI=1S/C22H30N4O4/c23-18-5-6-21(22(13-18)26(29)30)24-10-7-16-1-3-17(4-2-16)8-11-25-12-9-20(28)14-19(25)15-27/h1-6,13,19-20,24,27-28H,7-12,14-15,23H2. The summed E-state index contributed by atoms with van der Waals surface area (Å²) >= 11 is 0. The van der Waals surface area contributed by atoms with Crippen molar-refractivity contribution in [3.8, 4) is 0 Å². The molecule has 1 aliphatic rings. The van der Waals surface area contributed by atoms with Gasteiger partial charge in [0, 0.05) is 37.4 Å². The molecule has 0 amide bonds. The Bertz CT molecular complexity index is 844. The lowest BCUT2D eigenvalue weighted by molar-refractivity contribution is -0.383. The third kappa shape index (κ3) is 5.91. The van der Waals surface area contributed by atoms with Gasteiger partial charge >= 0.3 is 0 Å². The summed E-state index contributed by atoms with van der Waals surface area (Å²) in [5.41, 5.74) is 8.83. The number of hydrogen-bond donors (Lipinski definition) is 4. The lowest BCUT2D eigenvalue weighted by Gasteiger charge is -2.36. The molecule has 162 valence electrons. The molecular formula is C22H30N4O4. The highest BCUT2D eigenvalue weighted by Crippen LogP contribution is 2.26. The summed E-state index contributed by atoms with van der Waals surface area (Å²) in [5.74, 6) is 0. The number of hydrogen-bond acceptors (Lipinski definition) is 7. The normalized spacial score (nSPS) is 19.5. The summed E-state index contributed by atoms with van der Waals surface area (Å²) in [4.78, 5) is 13.0. The highest BCUT2D eigenvalue weighted by Gasteiger charge is 2.26. The van der Waals surface area contributed by atoms with Crippen molar-refractivity contribution >= 4 is 17.1 Å². The number of rotatable bonds is 9. The van der Waals surface area contributed by atoms with Crippen LogP contribution in [0.15, 0.2) is 42.5 Å². The molecule has 0 spiro atoms. The molecule has 2 aromatic carbocycles. The number of nitro benzene ring substituents is 1. The van der Waals surface area contributed by atoms with E-state index in [0.717, 1.165) is 37.9 Å². The van der Waals surface area contributed by atoms with E-state index in [1.54, 1.807) is 12.1 Å². The maximum absolute atomic E-state index is 11.2. The number of likely N-dealkylation sites (tertiary alicyclic amines) is 1. The summed E-state index contributed by atoms with van der Waals surface area (Å²) in [5, 5.41) is 33.6. The number of aliphatic hydroxyl groups excluding tert-OH is 2. The highest BCUT2D eigenvalue weighted by molar-refractivity contribution is 5.66. The van der Waals surface area contributed by atoms with Crippen LogP contribution in [0.5, 0.6) is 0 Å². The average molecular weight is 415 g/mol. The minimum absolute atomic E-state index is 0.0169. The van der Waals surface area contributed by atoms with Crippen molar-refractivity contribution in [1.82, 2.24) is 4.90 Å². The minimum atomic E-state index is -0.433. The fourth-order valence-corrected chi connectivity index (χ4v) is 3.90. The predicted octanol–water partition coefficient (Wildman–Crippen LogP) is 2.19. The first kappa shape index (κ1) is 22.0. The van der Waals surface area contributed by atoms with Crippen LogP contribution in [0.25, 0.3) is 0 Å². The van der Waals surface area contributed by atoms with Crippen molar-refractivity contribution in [3.05, 3.63) is 63.7 Å². The van der Waals surface area contributed by atoms with Crippen LogP contribution in [0, 0.1) is 10.1 Å². The monoisotopic (exact) mass is 414 g/mol. The average Bonchev–Trinajstić information content (AvgIpc) is 2.74. The molecule has 2 aromatic rings. The molecule has 30 heavy (non-hydrogen) atoms. The lowest BCUT2D eigenvalue weighted by Crippen LogP contribution is -2.47. The molecule has 0 bridgehead atoms. The zero-order valence-corrected chi connectivity index (χ0v) is 17.0. The molecule has 8 nitrogen and oxygen atoms in total. The lowest BCUT2D eigenvalue weighted by atomic mass is 9.99. The largest absolute Gasteiger partial charge is 0.399 e. The fourth-order valence-electron chi connectivity index (χ4n) is 3.90. The number of nitro groups is 1. The number of nitrogens with two attached hydrogens (primary N) is 1. The fraction of sp³-hybridized carbons (Fsp3) is 0.455. The topological polar surface area (TPSA) is 125 Å². The number of nitrogens with zero attached hydrogens (tertiary/aromatic N) is 2. The Morgan fingerprint density at radius 3 is 2.53 bits per heavy atom. The maximum Gasteiger partial charge on any atom is 0.294 e. The number of nitrogens with one attached hydrogen (secondary N) is 1. The SMILES string of the molecule is Nc1ccc(NCCc2ccc(CCN3CCC(O)CC3CO)cc2)c([N+](=O)[O-])c1. The zero-order chi connectivity index (χ0) is 21.5. The van der Waals surface area contributed by atoms with Gasteiger partial charge in [0.1, 0.15) is 5.69 Å². The Hall–Kier alpha value is -2.68. The van der Waals surface area contributed by atoms with E-state index < -0.39 is 4.92 Å². The Morgan fingerprint density at radius 1 is 1.17 bits per heavy atom. The molecule has 1 aliphatic heterocycles. The van der Waals surface area contributed by atoms with E-state index in [0.29, 0.717) is 24.3 Å². The summed E-state index contributed by atoms with van der Waals surface area (Å²) in [6.45, 7) is 2.33. The Morgan fingerprint density at radius 2 is 1.87 bits per heavy atom. The first-order valence-corrected chi connectivity index (χ1v) is 10.3. The minimum Gasteiger partial charge on any atom is -0.399 e. The van der Waals surface area contributed by atoms with E-state index in [9.17, 15) is 20.3 Å². The summed E-state index contributed by atoms with van der Waals surface area (Å²) in [6, 6.07) is 13.1. The van der Waals surface area contributed by atoms with Crippen molar-refractivity contribution in [2.75, 3.05) is 37.3 Å². The molecule has 0 aromatic heterocycles. The van der Waals surface area contributed by atoms with Gasteiger partial charge in [-0.15, -0.1) is 0 Å². The van der Waals surface area contributed by atoms with Crippen LogP contribution < -0.4 is 11.1 Å². The zero-order valence-electron chi connectivity index (χ0n) is 17.0. The molecular weight excluding hydrogens is 384 g/mol. The van der Waals surface area contributed by atoms with Gasteiger partial charge in [0.25, 0.3) is 5.69 Å². The molecule has 2 atom stereocenters. The third-order valence-electron chi connectivity index (χ3n) is 5.68. The van der Waals surface area contributed by atoms with Crippen LogP contribution in [0.3, 0.4) is 0 Å². The number of aliphatic hydroxyl groups is 2. The molecule has 1 heterocycles. The van der Waals surface area contributed by atoms with E-state index in [1.807, 2.05) is 0 Å². The van der Waals surface area contributed by atoms with Crippen molar-refractivity contribution in [2.24, 2.45) is 0 Å². The third-order valence-corrected chi connectivity index (χ3v) is 5.68. The maximum atomic E-state index is 11.2. The summed E-state index contributed by atoms with van der Waals surface area (Å²) in [6.07, 6.45) is 2.73. The van der Waals surface area contributed by atoms with Gasteiger partial charge in [0.05, 0.1) is 17.6 Å². The second-order valence-corrected chi connectivity index (χ2v) is 7.83. The van der Waals surface area contributed by atoms with Gasteiger partial charge in [0.15, 0.2) is 0 Å². The van der Waals surface area contributed by atoms with E-state index in [-0.39, 0.29) is 24.4 Å². The summed E-state index contributed by atoms with van der Waals surface area (Å²) < 4.78 is 0. The summed E-state index contributed by atoms with van der Waals surface area (Å²) in [7, 11) is 0. The predicted molar refractivity (Wildman–Crippen MR) is 118 cm³/mol. The van der Waals surface area contributed by atoms with Gasteiger partial charge < -0.3 is 21.3 Å². The van der Waals surface area contributed by atoms with Crippen molar-refractivity contribution < 1.29 is 15.1 Å². The van der Waals surface area contributed by atoms with E-state index in [2.05, 4.69) is 34.5 Å². The molecule has 8 heteroatoms. The van der Waals surface area contributed by atoms with Crippen molar-refractivity contribution in [1.29, 1.82) is 0 Å². The van der Waals surface area contributed by atoms with Gasteiger partial charge in [-0.05, 0) is 48.9 Å². The van der Waals surface area contributed by atoms with Crippen LogP contribution in [-0.2, 0) is 12.8 Å². The molecule has 5 N–H and O–H groups in total. The van der Waals surface area contributed by atoms with Gasteiger partial charge in [-0.1, -0.05) is 24.3 Å². The van der Waals surface area contributed by atoms with Crippen molar-refractivity contribution in [2.45, 2.75) is 37.8 Å². The number of anilines is 2. The quantitative estimate of drug-likeness (QED) is 0.282. The van der Waals surface area contributed by atoms with E-state index >= 15 is 0 Å². The first-order valence-electron chi connectivity index (χ1n) is 10.3. The van der Waals surface area contributed by atoms with Crippen LogP contribution in [0.2, 0.25) is 0 Å². The highest BCUT2D eigenvalue weighted by atomic mass is 16.6. The van der Waals surface area contributed by atoms with Gasteiger partial charge in [-0.3, -0.25) is 15.0 Å². The van der Waals surface area contributed by atoms with Crippen LogP contribution >= 0.6 is 0 Å². The first-order chi connectivity index (χ1) is 14.5. The van der Waals surface area contributed by atoms with E-state index in [4.69, 9.17) is 5.73 Å². The van der Waals surface area contributed by atoms with Gasteiger partial charge in [0.2, 0.25) is 0 Å². The molecule has 0 saturated carbocycles. The molecule has 2 unspecified atom stereocenters. The molecule has 1 saturated heterocycles. The Labute approximate surface area is 176 Å². The number of benzene rings is 2. The molecule has 0 radical (unpaired) electrons. The molecule has 0 aliphatic carbocycles. The number of piperidine rings is 1. The number of nitrogen functional groups attached to an aromatic ring is 1. The smallest absolute Gasteiger partial charge is 0.294 e. The second kappa shape index (κ2) is 10.4. The van der Waals surface area contributed by atoms with Gasteiger partial charge in [-0.2, -0.15) is 0 Å². The van der Waals surface area contributed by atoms with Crippen molar-refractivity contribution in [3.63, 3.8) is 0 Å².